The number of phenolic OH excluding ortho intramolecular Hbond substituents is 1. The largest absolute Gasteiger partial charge is 0.507 e. The molecule has 3 aromatic carbocycles. The van der Waals surface area contributed by atoms with Crippen LogP contribution in [0.2, 0.25) is 0 Å². The fraction of sp³-hybridized carbons (Fsp3) is 0.0952. The van der Waals surface area contributed by atoms with Gasteiger partial charge in [-0.25, -0.2) is 0 Å². The van der Waals surface area contributed by atoms with Gasteiger partial charge in [-0.1, -0.05) is 66.7 Å². The van der Waals surface area contributed by atoms with E-state index in [1.54, 1.807) is 6.07 Å². The Morgan fingerprint density at radius 3 is 1.87 bits per heavy atom. The maximum atomic E-state index is 11.3. The highest BCUT2D eigenvalue weighted by Crippen LogP contribution is 2.38. The van der Waals surface area contributed by atoms with Crippen molar-refractivity contribution in [3.05, 3.63) is 101 Å². The van der Waals surface area contributed by atoms with Crippen LogP contribution in [0.25, 0.3) is 0 Å². The molecule has 0 fully saturated rings. The SMILES string of the molecule is Cc1cc(C=O)c(O)c(C(c2ccccc2)c2ccccc2)c1. The highest BCUT2D eigenvalue weighted by atomic mass is 16.3. The summed E-state index contributed by atoms with van der Waals surface area (Å²) in [5.41, 5.74) is 4.20. The van der Waals surface area contributed by atoms with E-state index in [0.29, 0.717) is 11.8 Å². The highest BCUT2D eigenvalue weighted by Gasteiger charge is 2.21. The summed E-state index contributed by atoms with van der Waals surface area (Å²) >= 11 is 0. The van der Waals surface area contributed by atoms with Crippen molar-refractivity contribution in [1.82, 2.24) is 0 Å². The number of hydrogen-bond acceptors (Lipinski definition) is 2. The lowest BCUT2D eigenvalue weighted by Gasteiger charge is -2.21. The van der Waals surface area contributed by atoms with Gasteiger partial charge in [0.05, 0.1) is 5.56 Å². The van der Waals surface area contributed by atoms with Gasteiger partial charge in [0.15, 0.2) is 6.29 Å². The lowest BCUT2D eigenvalue weighted by atomic mass is 9.83. The van der Waals surface area contributed by atoms with Crippen LogP contribution in [0.15, 0.2) is 72.8 Å². The van der Waals surface area contributed by atoms with Crippen molar-refractivity contribution in [2.45, 2.75) is 12.8 Å². The average molecular weight is 302 g/mol. The van der Waals surface area contributed by atoms with Gasteiger partial charge < -0.3 is 5.11 Å². The quantitative estimate of drug-likeness (QED) is 0.560. The first kappa shape index (κ1) is 15.0. The summed E-state index contributed by atoms with van der Waals surface area (Å²) in [5, 5.41) is 10.6. The minimum absolute atomic E-state index is 0.0586. The first-order valence-electron chi connectivity index (χ1n) is 7.59. The standard InChI is InChI=1S/C21H18O2/c1-15-12-18(14-22)21(23)19(13-15)20(16-8-4-2-5-9-16)17-10-6-3-7-11-17/h2-14,20,23H,1H3. The van der Waals surface area contributed by atoms with Gasteiger partial charge in [-0.3, -0.25) is 4.79 Å². The molecule has 2 heteroatoms. The molecule has 0 aliphatic heterocycles. The Hall–Kier alpha value is -2.87. The zero-order valence-corrected chi connectivity index (χ0v) is 12.9. The van der Waals surface area contributed by atoms with E-state index in [1.165, 1.54) is 0 Å². The van der Waals surface area contributed by atoms with Crippen LogP contribution in [-0.4, -0.2) is 11.4 Å². The number of benzene rings is 3. The molecule has 0 atom stereocenters. The van der Waals surface area contributed by atoms with Gasteiger partial charge in [0.2, 0.25) is 0 Å². The first-order chi connectivity index (χ1) is 11.2. The smallest absolute Gasteiger partial charge is 0.153 e. The van der Waals surface area contributed by atoms with Gasteiger partial charge in [-0.05, 0) is 29.7 Å². The van der Waals surface area contributed by atoms with Crippen LogP contribution in [0.1, 0.15) is 38.5 Å². The summed E-state index contributed by atoms with van der Waals surface area (Å²) < 4.78 is 0. The second-order valence-electron chi connectivity index (χ2n) is 5.66. The van der Waals surface area contributed by atoms with Crippen LogP contribution < -0.4 is 0 Å². The Morgan fingerprint density at radius 1 is 0.870 bits per heavy atom. The van der Waals surface area contributed by atoms with Crippen LogP contribution >= 0.6 is 0 Å². The minimum atomic E-state index is -0.115. The van der Waals surface area contributed by atoms with Crippen molar-refractivity contribution in [1.29, 1.82) is 0 Å². The molecule has 0 aliphatic carbocycles. The fourth-order valence-corrected chi connectivity index (χ4v) is 2.99. The summed E-state index contributed by atoms with van der Waals surface area (Å²) in [6.07, 6.45) is 0.707. The van der Waals surface area contributed by atoms with E-state index in [-0.39, 0.29) is 11.7 Å². The molecule has 0 saturated heterocycles. The van der Waals surface area contributed by atoms with Crippen LogP contribution in [0.5, 0.6) is 5.75 Å². The van der Waals surface area contributed by atoms with Crippen molar-refractivity contribution in [2.75, 3.05) is 0 Å². The molecule has 0 bridgehead atoms. The lowest BCUT2D eigenvalue weighted by molar-refractivity contribution is 0.112. The number of carbonyl (C=O) groups excluding carboxylic acids is 1. The van der Waals surface area contributed by atoms with Crippen LogP contribution in [-0.2, 0) is 0 Å². The lowest BCUT2D eigenvalue weighted by Crippen LogP contribution is -2.05. The second kappa shape index (κ2) is 6.49. The molecule has 0 saturated carbocycles. The number of aryl methyl sites for hydroxylation is 1. The van der Waals surface area contributed by atoms with E-state index in [4.69, 9.17) is 0 Å². The number of carbonyl (C=O) groups is 1. The van der Waals surface area contributed by atoms with E-state index in [1.807, 2.05) is 73.7 Å². The molecule has 3 aromatic rings. The first-order valence-corrected chi connectivity index (χ1v) is 7.59. The summed E-state index contributed by atoms with van der Waals surface area (Å²) in [5.74, 6) is -0.0562. The second-order valence-corrected chi connectivity index (χ2v) is 5.66. The van der Waals surface area contributed by atoms with E-state index >= 15 is 0 Å². The van der Waals surface area contributed by atoms with Crippen molar-refractivity contribution in [3.8, 4) is 5.75 Å². The third-order valence-corrected chi connectivity index (χ3v) is 4.02. The number of hydrogen-bond donors (Lipinski definition) is 1. The Morgan fingerprint density at radius 2 is 1.39 bits per heavy atom. The minimum Gasteiger partial charge on any atom is -0.507 e. The van der Waals surface area contributed by atoms with Crippen molar-refractivity contribution >= 4 is 6.29 Å². The molecule has 0 amide bonds. The molecule has 0 spiro atoms. The molecule has 0 heterocycles. The molecule has 0 aliphatic rings. The predicted octanol–water partition coefficient (Wildman–Crippen LogP) is 4.69. The van der Waals surface area contributed by atoms with E-state index in [2.05, 4.69) is 0 Å². The Kier molecular flexibility index (Phi) is 4.24. The summed E-state index contributed by atoms with van der Waals surface area (Å²) in [6, 6.07) is 23.7. The van der Waals surface area contributed by atoms with Gasteiger partial charge in [-0.2, -0.15) is 0 Å². The molecular formula is C21H18O2. The van der Waals surface area contributed by atoms with Crippen molar-refractivity contribution < 1.29 is 9.90 Å². The van der Waals surface area contributed by atoms with E-state index in [0.717, 1.165) is 22.3 Å². The normalized spacial score (nSPS) is 10.7. The van der Waals surface area contributed by atoms with Gasteiger partial charge >= 0.3 is 0 Å². The zero-order chi connectivity index (χ0) is 16.2. The maximum Gasteiger partial charge on any atom is 0.153 e. The summed E-state index contributed by atoms with van der Waals surface area (Å²) in [4.78, 5) is 11.3. The van der Waals surface area contributed by atoms with Crippen molar-refractivity contribution in [2.24, 2.45) is 0 Å². The van der Waals surface area contributed by atoms with Gasteiger partial charge in [0.25, 0.3) is 0 Å². The number of rotatable bonds is 4. The Labute approximate surface area is 136 Å². The van der Waals surface area contributed by atoms with Gasteiger partial charge in [-0.15, -0.1) is 0 Å². The molecule has 1 N–H and O–H groups in total. The number of aromatic hydroxyl groups is 1. The zero-order valence-electron chi connectivity index (χ0n) is 12.9. The number of phenols is 1. The van der Waals surface area contributed by atoms with Gasteiger partial charge in [0.1, 0.15) is 5.75 Å². The highest BCUT2D eigenvalue weighted by molar-refractivity contribution is 5.81. The Bertz CT molecular complexity index is 769. The van der Waals surface area contributed by atoms with E-state index < -0.39 is 0 Å². The monoisotopic (exact) mass is 302 g/mol. The topological polar surface area (TPSA) is 37.3 Å². The Balaban J connectivity index is 2.25. The average Bonchev–Trinajstić information content (AvgIpc) is 2.60. The maximum absolute atomic E-state index is 11.3. The van der Waals surface area contributed by atoms with Crippen LogP contribution in [0.3, 0.4) is 0 Å². The van der Waals surface area contributed by atoms with Crippen LogP contribution in [0.4, 0.5) is 0 Å². The molecule has 0 unspecified atom stereocenters. The van der Waals surface area contributed by atoms with Crippen molar-refractivity contribution in [3.63, 3.8) is 0 Å². The third kappa shape index (κ3) is 3.02. The molecule has 23 heavy (non-hydrogen) atoms. The van der Waals surface area contributed by atoms with Gasteiger partial charge in [0, 0.05) is 11.5 Å². The molecule has 114 valence electrons. The molecule has 3 rings (SSSR count). The van der Waals surface area contributed by atoms with E-state index in [9.17, 15) is 9.90 Å². The molecule has 0 radical (unpaired) electrons. The number of aldehydes is 1. The molecular weight excluding hydrogens is 284 g/mol. The summed E-state index contributed by atoms with van der Waals surface area (Å²) in [6.45, 7) is 1.93. The fourth-order valence-electron chi connectivity index (χ4n) is 2.99. The summed E-state index contributed by atoms with van der Waals surface area (Å²) in [7, 11) is 0. The predicted molar refractivity (Wildman–Crippen MR) is 92.1 cm³/mol. The molecule has 2 nitrogen and oxygen atoms in total. The molecule has 0 aromatic heterocycles. The third-order valence-electron chi connectivity index (χ3n) is 4.02. The van der Waals surface area contributed by atoms with Crippen LogP contribution in [0, 0.1) is 6.92 Å².